The van der Waals surface area contributed by atoms with Crippen molar-refractivity contribution in [3.8, 4) is 6.07 Å². The summed E-state index contributed by atoms with van der Waals surface area (Å²) in [4.78, 5) is -0.297. The summed E-state index contributed by atoms with van der Waals surface area (Å²) in [5, 5.41) is 11.8. The van der Waals surface area contributed by atoms with Crippen LogP contribution in [0.15, 0.2) is 23.1 Å². The van der Waals surface area contributed by atoms with Crippen LogP contribution < -0.4 is 5.32 Å². The zero-order valence-electron chi connectivity index (χ0n) is 12.1. The maximum Gasteiger partial charge on any atom is 0.417 e. The molecule has 23 heavy (non-hydrogen) atoms. The molecule has 2 rings (SSSR count). The van der Waals surface area contributed by atoms with Crippen LogP contribution in [0.1, 0.15) is 17.5 Å². The number of nitriles is 1. The fourth-order valence-corrected chi connectivity index (χ4v) is 3.88. The minimum Gasteiger partial charge on any atom is -0.316 e. The summed E-state index contributed by atoms with van der Waals surface area (Å²) in [6.07, 6.45) is -4.07. The van der Waals surface area contributed by atoms with Crippen LogP contribution in [0.3, 0.4) is 0 Å². The lowest BCUT2D eigenvalue weighted by atomic mass is 10.1. The highest BCUT2D eigenvalue weighted by molar-refractivity contribution is 7.89. The van der Waals surface area contributed by atoms with Crippen molar-refractivity contribution in [2.45, 2.75) is 23.5 Å². The predicted molar refractivity (Wildman–Crippen MR) is 79.6 cm³/mol. The van der Waals surface area contributed by atoms with Gasteiger partial charge in [0.1, 0.15) is 0 Å². The first kappa shape index (κ1) is 19.7. The molecule has 0 radical (unpaired) electrons. The molecule has 128 valence electrons. The number of halogens is 4. The van der Waals surface area contributed by atoms with E-state index in [4.69, 9.17) is 5.26 Å². The zero-order valence-corrected chi connectivity index (χ0v) is 13.7. The van der Waals surface area contributed by atoms with Gasteiger partial charge in [-0.2, -0.15) is 22.7 Å². The smallest absolute Gasteiger partial charge is 0.316 e. The van der Waals surface area contributed by atoms with Gasteiger partial charge in [0.25, 0.3) is 0 Å². The molecular weight excluding hydrogens is 355 g/mol. The Kier molecular flexibility index (Phi) is 6.04. The highest BCUT2D eigenvalue weighted by Gasteiger charge is 2.36. The summed E-state index contributed by atoms with van der Waals surface area (Å²) < 4.78 is 64.3. The minimum atomic E-state index is -4.70. The van der Waals surface area contributed by atoms with Crippen molar-refractivity contribution in [1.29, 1.82) is 5.26 Å². The third-order valence-electron chi connectivity index (χ3n) is 3.61. The molecule has 1 heterocycles. The second kappa shape index (κ2) is 7.05. The number of hydrogen-bond acceptors (Lipinski definition) is 4. The monoisotopic (exact) mass is 369 g/mol. The van der Waals surface area contributed by atoms with Crippen LogP contribution in [0.2, 0.25) is 0 Å². The number of alkyl halides is 3. The first-order valence-corrected chi connectivity index (χ1v) is 7.93. The molecule has 0 saturated carbocycles. The van der Waals surface area contributed by atoms with E-state index in [-0.39, 0.29) is 36.4 Å². The number of hydrogen-bond donors (Lipinski definition) is 1. The summed E-state index contributed by atoms with van der Waals surface area (Å²) in [5.74, 6) is 0. The molecule has 1 saturated heterocycles. The van der Waals surface area contributed by atoms with E-state index < -0.39 is 27.3 Å². The molecule has 0 amide bonds. The molecule has 1 aromatic rings. The van der Waals surface area contributed by atoms with Crippen LogP contribution >= 0.6 is 12.4 Å². The Morgan fingerprint density at radius 2 is 2.04 bits per heavy atom. The van der Waals surface area contributed by atoms with Gasteiger partial charge in [-0.15, -0.1) is 12.4 Å². The molecule has 1 aromatic carbocycles. The van der Waals surface area contributed by atoms with Crippen LogP contribution in [-0.2, 0) is 16.2 Å². The summed E-state index contributed by atoms with van der Waals surface area (Å²) >= 11 is 0. The number of likely N-dealkylation sites (N-methyl/N-ethyl adjacent to an activating group) is 1. The molecule has 0 bridgehead atoms. The van der Waals surface area contributed by atoms with E-state index in [2.05, 4.69) is 5.32 Å². The standard InChI is InChI=1S/C13H14F3N3O2S.ClH/c1-18-10-4-5-19(8-10)22(20,21)11-2-3-12(13(14,15)16)9(6-11)7-17;/h2-3,6,10,18H,4-5,8H2,1H3;1H. The van der Waals surface area contributed by atoms with Crippen LogP contribution in [0.25, 0.3) is 0 Å². The van der Waals surface area contributed by atoms with Crippen molar-refractivity contribution in [3.63, 3.8) is 0 Å². The summed E-state index contributed by atoms with van der Waals surface area (Å²) in [7, 11) is -2.19. The molecule has 1 fully saturated rings. The predicted octanol–water partition coefficient (Wildman–Crippen LogP) is 1.98. The summed E-state index contributed by atoms with van der Waals surface area (Å²) in [6, 6.07) is 3.74. The normalized spacial score (nSPS) is 19.2. The SMILES string of the molecule is CNC1CCN(S(=O)(=O)c2ccc(C(F)(F)F)c(C#N)c2)C1.Cl. The Labute approximate surface area is 138 Å². The van der Waals surface area contributed by atoms with E-state index in [1.165, 1.54) is 10.4 Å². The molecule has 10 heteroatoms. The number of rotatable bonds is 3. The Balaban J connectivity index is 0.00000264. The van der Waals surface area contributed by atoms with Crippen LogP contribution in [-0.4, -0.2) is 38.9 Å². The van der Waals surface area contributed by atoms with E-state index >= 15 is 0 Å². The van der Waals surface area contributed by atoms with Gasteiger partial charge in [-0.05, 0) is 31.7 Å². The van der Waals surface area contributed by atoms with Crippen molar-refractivity contribution >= 4 is 22.4 Å². The van der Waals surface area contributed by atoms with E-state index in [0.29, 0.717) is 12.5 Å². The van der Waals surface area contributed by atoms with Crippen LogP contribution in [0.4, 0.5) is 13.2 Å². The lowest BCUT2D eigenvalue weighted by Gasteiger charge is -2.17. The Morgan fingerprint density at radius 1 is 1.39 bits per heavy atom. The van der Waals surface area contributed by atoms with Crippen LogP contribution in [0, 0.1) is 11.3 Å². The minimum absolute atomic E-state index is 0. The second-order valence-electron chi connectivity index (χ2n) is 4.95. The lowest BCUT2D eigenvalue weighted by molar-refractivity contribution is -0.137. The van der Waals surface area contributed by atoms with Gasteiger partial charge in [-0.3, -0.25) is 0 Å². The first-order valence-electron chi connectivity index (χ1n) is 6.49. The Morgan fingerprint density at radius 3 is 2.52 bits per heavy atom. The van der Waals surface area contributed by atoms with Gasteiger partial charge in [0.2, 0.25) is 10.0 Å². The van der Waals surface area contributed by atoms with E-state index in [1.54, 1.807) is 7.05 Å². The number of nitrogens with zero attached hydrogens (tertiary/aromatic N) is 2. The van der Waals surface area contributed by atoms with Crippen molar-refractivity contribution in [3.05, 3.63) is 29.3 Å². The molecule has 5 nitrogen and oxygen atoms in total. The molecule has 1 N–H and O–H groups in total. The van der Waals surface area contributed by atoms with Gasteiger partial charge in [0.15, 0.2) is 0 Å². The van der Waals surface area contributed by atoms with Gasteiger partial charge in [0, 0.05) is 19.1 Å². The molecule has 1 aliphatic heterocycles. The number of nitrogens with one attached hydrogen (secondary N) is 1. The Hall–Kier alpha value is -1.34. The van der Waals surface area contributed by atoms with Crippen LogP contribution in [0.5, 0.6) is 0 Å². The molecule has 0 aromatic heterocycles. The first-order chi connectivity index (χ1) is 10.2. The third kappa shape index (κ3) is 3.95. The molecule has 0 spiro atoms. The van der Waals surface area contributed by atoms with Crippen molar-refractivity contribution in [1.82, 2.24) is 9.62 Å². The van der Waals surface area contributed by atoms with Gasteiger partial charge >= 0.3 is 6.18 Å². The highest BCUT2D eigenvalue weighted by atomic mass is 35.5. The van der Waals surface area contributed by atoms with Gasteiger partial charge in [-0.25, -0.2) is 8.42 Å². The van der Waals surface area contributed by atoms with E-state index in [1.807, 2.05) is 0 Å². The van der Waals surface area contributed by atoms with Crippen molar-refractivity contribution < 1.29 is 21.6 Å². The number of sulfonamides is 1. The zero-order chi connectivity index (χ0) is 16.5. The Bertz CT molecular complexity index is 716. The largest absolute Gasteiger partial charge is 0.417 e. The summed E-state index contributed by atoms with van der Waals surface area (Å²) in [5.41, 5.74) is -1.83. The fraction of sp³-hybridized carbons (Fsp3) is 0.462. The third-order valence-corrected chi connectivity index (χ3v) is 5.48. The average molecular weight is 370 g/mol. The van der Waals surface area contributed by atoms with Crippen molar-refractivity contribution in [2.75, 3.05) is 20.1 Å². The highest BCUT2D eigenvalue weighted by Crippen LogP contribution is 2.33. The fourth-order valence-electron chi connectivity index (χ4n) is 2.35. The lowest BCUT2D eigenvalue weighted by Crippen LogP contribution is -2.33. The van der Waals surface area contributed by atoms with Gasteiger partial charge in [-0.1, -0.05) is 0 Å². The quantitative estimate of drug-likeness (QED) is 0.884. The molecule has 1 aliphatic rings. The molecule has 1 unspecified atom stereocenters. The molecule has 0 aliphatic carbocycles. The average Bonchev–Trinajstić information content (AvgIpc) is 2.95. The van der Waals surface area contributed by atoms with Crippen molar-refractivity contribution in [2.24, 2.45) is 0 Å². The molecular formula is C13H15ClF3N3O2S. The number of benzene rings is 1. The maximum atomic E-state index is 12.7. The second-order valence-corrected chi connectivity index (χ2v) is 6.89. The van der Waals surface area contributed by atoms with Gasteiger partial charge in [0.05, 0.1) is 22.1 Å². The topological polar surface area (TPSA) is 73.2 Å². The molecule has 1 atom stereocenters. The maximum absolute atomic E-state index is 12.7. The van der Waals surface area contributed by atoms with Gasteiger partial charge < -0.3 is 5.32 Å². The van der Waals surface area contributed by atoms with E-state index in [0.717, 1.165) is 12.1 Å². The summed E-state index contributed by atoms with van der Waals surface area (Å²) in [6.45, 7) is 0.540. The van der Waals surface area contributed by atoms with E-state index in [9.17, 15) is 21.6 Å².